The summed E-state index contributed by atoms with van der Waals surface area (Å²) in [7, 11) is 0. The van der Waals surface area contributed by atoms with Gasteiger partial charge in [-0.15, -0.1) is 11.3 Å². The van der Waals surface area contributed by atoms with Crippen LogP contribution in [0.25, 0.3) is 0 Å². The molecule has 1 aliphatic rings. The molecule has 100 valence electrons. The van der Waals surface area contributed by atoms with Gasteiger partial charge in [-0.25, -0.2) is 0 Å². The molecule has 3 nitrogen and oxygen atoms in total. The molecule has 1 saturated carbocycles. The van der Waals surface area contributed by atoms with E-state index in [4.69, 9.17) is 0 Å². The summed E-state index contributed by atoms with van der Waals surface area (Å²) in [5.41, 5.74) is -0.689. The van der Waals surface area contributed by atoms with E-state index in [1.165, 1.54) is 0 Å². The molecule has 1 amide bonds. The van der Waals surface area contributed by atoms with Crippen LogP contribution in [-0.4, -0.2) is 34.2 Å². The van der Waals surface area contributed by atoms with Gasteiger partial charge in [0.2, 0.25) is 5.91 Å². The van der Waals surface area contributed by atoms with Crippen LogP contribution in [0.5, 0.6) is 0 Å². The van der Waals surface area contributed by atoms with Gasteiger partial charge in [-0.3, -0.25) is 4.79 Å². The number of rotatable bonds is 6. The van der Waals surface area contributed by atoms with Crippen LogP contribution in [0, 0.1) is 0 Å². The van der Waals surface area contributed by atoms with Crippen molar-refractivity contribution in [3.8, 4) is 0 Å². The van der Waals surface area contributed by atoms with Crippen LogP contribution in [0.1, 0.15) is 24.6 Å². The molecule has 0 unspecified atom stereocenters. The quantitative estimate of drug-likeness (QED) is 0.841. The summed E-state index contributed by atoms with van der Waals surface area (Å²) in [6, 6.07) is 3.90. The lowest BCUT2D eigenvalue weighted by Crippen LogP contribution is -2.57. The first-order valence-electron chi connectivity index (χ1n) is 6.27. The number of amides is 1. The van der Waals surface area contributed by atoms with Gasteiger partial charge in [0.25, 0.3) is 0 Å². The number of thioether (sulfide) groups is 1. The van der Waals surface area contributed by atoms with Crippen molar-refractivity contribution >= 4 is 29.0 Å². The summed E-state index contributed by atoms with van der Waals surface area (Å²) in [4.78, 5) is 12.8. The normalized spacial score (nSPS) is 26.7. The van der Waals surface area contributed by atoms with E-state index in [1.807, 2.05) is 17.5 Å². The lowest BCUT2D eigenvalue weighted by molar-refractivity contribution is -0.122. The van der Waals surface area contributed by atoms with Crippen molar-refractivity contribution in [1.82, 2.24) is 5.32 Å². The maximum Gasteiger partial charge on any atom is 0.225 e. The van der Waals surface area contributed by atoms with E-state index < -0.39 is 5.60 Å². The Bertz CT molecular complexity index is 394. The third kappa shape index (κ3) is 3.28. The Morgan fingerprint density at radius 3 is 3.11 bits per heavy atom. The molecule has 0 radical (unpaired) electrons. The number of nitrogens with one attached hydrogen (secondary N) is 1. The van der Waals surface area contributed by atoms with Gasteiger partial charge in [-0.2, -0.15) is 11.8 Å². The zero-order valence-electron chi connectivity index (χ0n) is 10.5. The maximum atomic E-state index is 11.7. The van der Waals surface area contributed by atoms with Crippen LogP contribution < -0.4 is 5.32 Å². The van der Waals surface area contributed by atoms with Crippen molar-refractivity contribution < 1.29 is 9.90 Å². The summed E-state index contributed by atoms with van der Waals surface area (Å²) in [6.07, 6.45) is 2.26. The van der Waals surface area contributed by atoms with Crippen molar-refractivity contribution in [2.45, 2.75) is 37.0 Å². The van der Waals surface area contributed by atoms with E-state index in [1.54, 1.807) is 23.1 Å². The summed E-state index contributed by atoms with van der Waals surface area (Å²) in [5.74, 6) is 1.01. The molecule has 0 spiro atoms. The van der Waals surface area contributed by atoms with Gasteiger partial charge in [0.1, 0.15) is 0 Å². The predicted molar refractivity (Wildman–Crippen MR) is 77.1 cm³/mol. The number of carbonyl (C=O) groups excluding carboxylic acids is 1. The number of hydrogen-bond donors (Lipinski definition) is 2. The van der Waals surface area contributed by atoms with Crippen molar-refractivity contribution in [2.24, 2.45) is 0 Å². The van der Waals surface area contributed by atoms with Crippen LogP contribution in [0.3, 0.4) is 0 Å². The maximum absolute atomic E-state index is 11.7. The molecule has 1 aromatic rings. The van der Waals surface area contributed by atoms with Gasteiger partial charge in [0.15, 0.2) is 0 Å². The highest BCUT2D eigenvalue weighted by atomic mass is 32.2. The van der Waals surface area contributed by atoms with Crippen LogP contribution in [0.15, 0.2) is 17.5 Å². The first-order chi connectivity index (χ1) is 8.64. The fourth-order valence-electron chi connectivity index (χ4n) is 2.12. The minimum atomic E-state index is -0.689. The number of thiophene rings is 1. The van der Waals surface area contributed by atoms with E-state index in [0.717, 1.165) is 23.5 Å². The second-order valence-corrected chi connectivity index (χ2v) is 7.13. The fourth-order valence-corrected chi connectivity index (χ4v) is 4.02. The molecule has 2 N–H and O–H groups in total. The van der Waals surface area contributed by atoms with Crippen LogP contribution >= 0.6 is 23.1 Å². The van der Waals surface area contributed by atoms with Gasteiger partial charge in [-0.1, -0.05) is 13.0 Å². The molecule has 1 heterocycles. The third-order valence-electron chi connectivity index (χ3n) is 3.31. The first kappa shape index (κ1) is 13.9. The largest absolute Gasteiger partial charge is 0.387 e. The van der Waals surface area contributed by atoms with Gasteiger partial charge in [0.05, 0.1) is 12.0 Å². The predicted octanol–water partition coefficient (Wildman–Crippen LogP) is 2.05. The smallest absolute Gasteiger partial charge is 0.225 e. The number of hydrogen-bond acceptors (Lipinski definition) is 4. The lowest BCUT2D eigenvalue weighted by atomic mass is 9.79. The summed E-state index contributed by atoms with van der Waals surface area (Å²) in [6.45, 7) is 2.48. The molecule has 2 atom stereocenters. The van der Waals surface area contributed by atoms with E-state index in [0.29, 0.717) is 13.0 Å². The highest BCUT2D eigenvalue weighted by Gasteiger charge is 2.45. The standard InChI is InChI=1S/C13H19NO2S2/c1-2-17-11-5-6-13(11,16)9-14-12(15)8-10-4-3-7-18-10/h3-4,7,11,16H,2,5-6,8-9H2,1H3,(H,14,15)/t11-,13+/m0/s1. The van der Waals surface area contributed by atoms with Crippen molar-refractivity contribution in [3.05, 3.63) is 22.4 Å². The van der Waals surface area contributed by atoms with Crippen LogP contribution in [-0.2, 0) is 11.2 Å². The Kier molecular flexibility index (Phi) is 4.70. The Labute approximate surface area is 116 Å². The Morgan fingerprint density at radius 1 is 1.72 bits per heavy atom. The molecule has 0 saturated heterocycles. The molecule has 1 aliphatic carbocycles. The van der Waals surface area contributed by atoms with E-state index >= 15 is 0 Å². The number of aliphatic hydroxyl groups is 1. The Morgan fingerprint density at radius 2 is 2.56 bits per heavy atom. The van der Waals surface area contributed by atoms with Gasteiger partial charge >= 0.3 is 0 Å². The Hall–Kier alpha value is -0.520. The topological polar surface area (TPSA) is 49.3 Å². The van der Waals surface area contributed by atoms with Gasteiger partial charge in [-0.05, 0) is 30.0 Å². The van der Waals surface area contributed by atoms with Crippen LogP contribution in [0.2, 0.25) is 0 Å². The van der Waals surface area contributed by atoms with Crippen molar-refractivity contribution in [3.63, 3.8) is 0 Å². The minimum Gasteiger partial charge on any atom is -0.387 e. The summed E-state index contributed by atoms with van der Waals surface area (Å²) < 4.78 is 0. The second kappa shape index (κ2) is 6.08. The highest BCUT2D eigenvalue weighted by Crippen LogP contribution is 2.40. The van der Waals surface area contributed by atoms with Crippen molar-refractivity contribution in [2.75, 3.05) is 12.3 Å². The monoisotopic (exact) mass is 285 g/mol. The first-order valence-corrected chi connectivity index (χ1v) is 8.20. The highest BCUT2D eigenvalue weighted by molar-refractivity contribution is 8.00. The Balaban J connectivity index is 1.75. The minimum absolute atomic E-state index is 0.00183. The second-order valence-electron chi connectivity index (χ2n) is 4.62. The van der Waals surface area contributed by atoms with Crippen LogP contribution in [0.4, 0.5) is 0 Å². The molecule has 0 aliphatic heterocycles. The summed E-state index contributed by atoms with van der Waals surface area (Å²) in [5, 5.41) is 15.4. The average Bonchev–Trinajstić information content (AvgIpc) is 2.84. The summed E-state index contributed by atoms with van der Waals surface area (Å²) >= 11 is 3.37. The number of carbonyl (C=O) groups is 1. The molecule has 1 fully saturated rings. The zero-order valence-corrected chi connectivity index (χ0v) is 12.1. The van der Waals surface area contributed by atoms with E-state index in [9.17, 15) is 9.90 Å². The van der Waals surface area contributed by atoms with Crippen molar-refractivity contribution in [1.29, 1.82) is 0 Å². The lowest BCUT2D eigenvalue weighted by Gasteiger charge is -2.45. The average molecular weight is 285 g/mol. The van der Waals surface area contributed by atoms with Gasteiger partial charge < -0.3 is 10.4 Å². The fraction of sp³-hybridized carbons (Fsp3) is 0.615. The van der Waals surface area contributed by atoms with E-state index in [2.05, 4.69) is 12.2 Å². The molecule has 0 bridgehead atoms. The van der Waals surface area contributed by atoms with E-state index in [-0.39, 0.29) is 11.2 Å². The molecule has 1 aromatic heterocycles. The SMILES string of the molecule is CCS[C@H]1CC[C@@]1(O)CNC(=O)Cc1cccs1. The molecule has 0 aromatic carbocycles. The molecule has 2 rings (SSSR count). The van der Waals surface area contributed by atoms with Gasteiger partial charge in [0, 0.05) is 16.7 Å². The third-order valence-corrected chi connectivity index (χ3v) is 5.60. The molecule has 18 heavy (non-hydrogen) atoms. The molecular formula is C13H19NO2S2. The molecular weight excluding hydrogens is 266 g/mol. The zero-order chi connectivity index (χ0) is 13.0. The molecule has 5 heteroatoms.